The van der Waals surface area contributed by atoms with E-state index in [-0.39, 0.29) is 0 Å². The first-order chi connectivity index (χ1) is 9.86. The van der Waals surface area contributed by atoms with E-state index in [9.17, 15) is 0 Å². The highest BCUT2D eigenvalue weighted by Crippen LogP contribution is 2.45. The van der Waals surface area contributed by atoms with Crippen LogP contribution in [0.3, 0.4) is 0 Å². The van der Waals surface area contributed by atoms with E-state index < -0.39 is 0 Å². The number of benzene rings is 1. The second kappa shape index (κ2) is 5.07. The molecule has 2 nitrogen and oxygen atoms in total. The van der Waals surface area contributed by atoms with Crippen LogP contribution in [-0.2, 0) is 13.0 Å². The maximum Gasteiger partial charge on any atom is 0.0402 e. The molecule has 0 unspecified atom stereocenters. The molecule has 108 valence electrons. The van der Waals surface area contributed by atoms with Crippen LogP contribution >= 0.6 is 0 Å². The summed E-state index contributed by atoms with van der Waals surface area (Å²) in [6.45, 7) is 4.83. The summed E-state index contributed by atoms with van der Waals surface area (Å²) in [5, 5.41) is 3.49. The Bertz CT molecular complexity index is 478. The molecule has 1 N–H and O–H groups in total. The molecule has 4 rings (SSSR count). The van der Waals surface area contributed by atoms with Crippen LogP contribution in [0, 0.1) is 5.41 Å². The number of hydrogen-bond donors (Lipinski definition) is 1. The van der Waals surface area contributed by atoms with Crippen molar-refractivity contribution in [3.05, 3.63) is 29.3 Å². The molecule has 2 heterocycles. The first kappa shape index (κ1) is 12.7. The van der Waals surface area contributed by atoms with E-state index in [0.29, 0.717) is 5.41 Å². The Morgan fingerprint density at radius 1 is 1.00 bits per heavy atom. The van der Waals surface area contributed by atoms with E-state index in [1.165, 1.54) is 63.6 Å². The van der Waals surface area contributed by atoms with Crippen molar-refractivity contribution in [2.75, 3.05) is 24.5 Å². The molecule has 0 atom stereocenters. The molecule has 1 aromatic rings. The molecule has 3 aliphatic rings. The van der Waals surface area contributed by atoms with Gasteiger partial charge in [0.25, 0.3) is 0 Å². The van der Waals surface area contributed by atoms with Crippen LogP contribution in [0.2, 0.25) is 0 Å². The molecule has 1 aliphatic carbocycles. The van der Waals surface area contributed by atoms with Gasteiger partial charge in [-0.1, -0.05) is 37.8 Å². The maximum atomic E-state index is 3.49. The van der Waals surface area contributed by atoms with Crippen molar-refractivity contribution in [2.45, 2.75) is 51.5 Å². The van der Waals surface area contributed by atoms with Gasteiger partial charge in [-0.05, 0) is 43.0 Å². The number of rotatable bonds is 1. The first-order valence-corrected chi connectivity index (χ1v) is 8.43. The summed E-state index contributed by atoms with van der Waals surface area (Å²) in [7, 11) is 0. The zero-order valence-electron chi connectivity index (χ0n) is 12.5. The van der Waals surface area contributed by atoms with Crippen LogP contribution in [0.5, 0.6) is 0 Å². The quantitative estimate of drug-likeness (QED) is 0.840. The molecular formula is C18H26N2. The first-order valence-electron chi connectivity index (χ1n) is 8.43. The summed E-state index contributed by atoms with van der Waals surface area (Å²) in [5.74, 6) is 0. The van der Waals surface area contributed by atoms with Crippen molar-refractivity contribution in [3.63, 3.8) is 0 Å². The number of nitrogens with one attached hydrogen (secondary N) is 1. The molecule has 1 spiro atoms. The zero-order chi connectivity index (χ0) is 13.4. The molecule has 1 aromatic carbocycles. The molecule has 0 aromatic heterocycles. The number of fused-ring (bicyclic) bond motifs is 1. The predicted octanol–water partition coefficient (Wildman–Crippen LogP) is 3.49. The topological polar surface area (TPSA) is 15.3 Å². The molecular weight excluding hydrogens is 244 g/mol. The van der Waals surface area contributed by atoms with Gasteiger partial charge in [-0.3, -0.25) is 0 Å². The second-order valence-electron chi connectivity index (χ2n) is 7.11. The van der Waals surface area contributed by atoms with Crippen LogP contribution in [0.1, 0.15) is 49.7 Å². The van der Waals surface area contributed by atoms with Crippen LogP contribution in [0.15, 0.2) is 18.2 Å². The van der Waals surface area contributed by atoms with Gasteiger partial charge in [0.05, 0.1) is 0 Å². The SMILES string of the molecule is c1cc2c(c(N3CC4(CCCCCC4)C3)c1)CCNC2. The van der Waals surface area contributed by atoms with Crippen molar-refractivity contribution >= 4 is 5.69 Å². The lowest BCUT2D eigenvalue weighted by Crippen LogP contribution is -2.56. The summed E-state index contributed by atoms with van der Waals surface area (Å²) in [4.78, 5) is 2.66. The highest BCUT2D eigenvalue weighted by atomic mass is 15.2. The maximum absolute atomic E-state index is 3.49. The van der Waals surface area contributed by atoms with Gasteiger partial charge in [0, 0.05) is 30.7 Å². The Kier molecular flexibility index (Phi) is 3.22. The van der Waals surface area contributed by atoms with Crippen molar-refractivity contribution < 1.29 is 0 Å². The monoisotopic (exact) mass is 270 g/mol. The van der Waals surface area contributed by atoms with Crippen LogP contribution in [0.25, 0.3) is 0 Å². The minimum atomic E-state index is 0.673. The number of nitrogens with zero attached hydrogens (tertiary/aromatic N) is 1. The van der Waals surface area contributed by atoms with Gasteiger partial charge in [0.15, 0.2) is 0 Å². The number of anilines is 1. The molecule has 1 saturated carbocycles. The van der Waals surface area contributed by atoms with Gasteiger partial charge in [-0.15, -0.1) is 0 Å². The van der Waals surface area contributed by atoms with Crippen molar-refractivity contribution in [3.8, 4) is 0 Å². The molecule has 20 heavy (non-hydrogen) atoms. The lowest BCUT2D eigenvalue weighted by molar-refractivity contribution is 0.180. The normalized spacial score (nSPS) is 24.9. The van der Waals surface area contributed by atoms with E-state index in [1.54, 1.807) is 11.3 Å². The Balaban J connectivity index is 1.53. The van der Waals surface area contributed by atoms with E-state index in [1.807, 2.05) is 0 Å². The smallest absolute Gasteiger partial charge is 0.0402 e. The fourth-order valence-electron chi connectivity index (χ4n) is 4.54. The Morgan fingerprint density at radius 2 is 1.80 bits per heavy atom. The van der Waals surface area contributed by atoms with Crippen molar-refractivity contribution in [2.24, 2.45) is 5.41 Å². The van der Waals surface area contributed by atoms with E-state index in [0.717, 1.165) is 13.1 Å². The molecule has 2 fully saturated rings. The summed E-state index contributed by atoms with van der Waals surface area (Å²) in [6, 6.07) is 6.90. The van der Waals surface area contributed by atoms with Gasteiger partial charge in [-0.25, -0.2) is 0 Å². The molecule has 0 bridgehead atoms. The lowest BCUT2D eigenvalue weighted by Gasteiger charge is -2.52. The molecule has 1 saturated heterocycles. The lowest BCUT2D eigenvalue weighted by atomic mass is 9.73. The predicted molar refractivity (Wildman–Crippen MR) is 84.2 cm³/mol. The largest absolute Gasteiger partial charge is 0.370 e. The molecule has 0 radical (unpaired) electrons. The summed E-state index contributed by atoms with van der Waals surface area (Å²) in [6.07, 6.45) is 10.0. The van der Waals surface area contributed by atoms with E-state index >= 15 is 0 Å². The second-order valence-corrected chi connectivity index (χ2v) is 7.11. The van der Waals surface area contributed by atoms with Crippen LogP contribution < -0.4 is 10.2 Å². The summed E-state index contributed by atoms with van der Waals surface area (Å²) < 4.78 is 0. The van der Waals surface area contributed by atoms with Gasteiger partial charge < -0.3 is 10.2 Å². The van der Waals surface area contributed by atoms with Gasteiger partial charge >= 0.3 is 0 Å². The van der Waals surface area contributed by atoms with Gasteiger partial charge in [0.2, 0.25) is 0 Å². The number of hydrogen-bond acceptors (Lipinski definition) is 2. The highest BCUT2D eigenvalue weighted by Gasteiger charge is 2.43. The fourth-order valence-corrected chi connectivity index (χ4v) is 4.54. The Labute approximate surface area is 122 Å². The molecule has 2 aliphatic heterocycles. The highest BCUT2D eigenvalue weighted by molar-refractivity contribution is 5.59. The fraction of sp³-hybridized carbons (Fsp3) is 0.667. The third-order valence-corrected chi connectivity index (χ3v) is 5.67. The minimum Gasteiger partial charge on any atom is -0.370 e. The van der Waals surface area contributed by atoms with Crippen LogP contribution in [0.4, 0.5) is 5.69 Å². The van der Waals surface area contributed by atoms with E-state index in [2.05, 4.69) is 28.4 Å². The summed E-state index contributed by atoms with van der Waals surface area (Å²) in [5.41, 5.74) is 5.36. The van der Waals surface area contributed by atoms with E-state index in [4.69, 9.17) is 0 Å². The Hall–Kier alpha value is -1.02. The van der Waals surface area contributed by atoms with Gasteiger partial charge in [-0.2, -0.15) is 0 Å². The molecule has 0 amide bonds. The van der Waals surface area contributed by atoms with Crippen LogP contribution in [-0.4, -0.2) is 19.6 Å². The average molecular weight is 270 g/mol. The average Bonchev–Trinajstić information content (AvgIpc) is 2.71. The van der Waals surface area contributed by atoms with Crippen molar-refractivity contribution in [1.82, 2.24) is 5.32 Å². The standard InChI is InChI=1S/C18H26N2/c1-2-4-10-18(9-3-1)13-20(14-18)17-7-5-6-15-12-19-11-8-16(15)17/h5-7,19H,1-4,8-14H2. The third-order valence-electron chi connectivity index (χ3n) is 5.67. The summed E-state index contributed by atoms with van der Waals surface area (Å²) >= 11 is 0. The van der Waals surface area contributed by atoms with Gasteiger partial charge in [0.1, 0.15) is 0 Å². The van der Waals surface area contributed by atoms with Crippen molar-refractivity contribution in [1.29, 1.82) is 0 Å². The third kappa shape index (κ3) is 2.14. The minimum absolute atomic E-state index is 0.673. The Morgan fingerprint density at radius 3 is 2.60 bits per heavy atom. The molecule has 2 heteroatoms. The zero-order valence-corrected chi connectivity index (χ0v) is 12.5.